The smallest absolute Gasteiger partial charge is 0.352 e. The molecular weight excluding hydrogens is 377 g/mol. The maximum atomic E-state index is 13.3. The number of rotatable bonds is 5. The fourth-order valence-electron chi connectivity index (χ4n) is 2.60. The van der Waals surface area contributed by atoms with Gasteiger partial charge in [0.05, 0.1) is 17.8 Å². The molecule has 2 amide bonds. The van der Waals surface area contributed by atoms with E-state index in [0.717, 1.165) is 29.7 Å². The first-order chi connectivity index (χ1) is 13.2. The van der Waals surface area contributed by atoms with Crippen molar-refractivity contribution in [1.29, 1.82) is 0 Å². The van der Waals surface area contributed by atoms with Crippen molar-refractivity contribution in [1.82, 2.24) is 20.4 Å². The summed E-state index contributed by atoms with van der Waals surface area (Å²) in [5.41, 5.74) is -2.48. The van der Waals surface area contributed by atoms with Crippen LogP contribution in [0, 0.1) is 6.92 Å². The number of halogens is 3. The van der Waals surface area contributed by atoms with E-state index >= 15 is 0 Å². The number of amides is 2. The molecule has 0 atom stereocenters. The molecule has 0 bridgehead atoms. The molecule has 1 fully saturated rings. The maximum absolute atomic E-state index is 13.3. The molecule has 0 unspecified atom stereocenters. The van der Waals surface area contributed by atoms with Crippen LogP contribution in [0.25, 0.3) is 5.69 Å². The summed E-state index contributed by atoms with van der Waals surface area (Å²) in [7, 11) is 0. The molecule has 0 saturated heterocycles. The molecule has 1 aliphatic carbocycles. The molecule has 2 aromatic rings. The second kappa shape index (κ2) is 7.45. The lowest BCUT2D eigenvalue weighted by molar-refractivity contribution is -0.137. The molecule has 2 N–H and O–H groups in total. The number of nitrogens with zero attached hydrogens (tertiary/aromatic N) is 2. The zero-order valence-electron chi connectivity index (χ0n) is 14.8. The van der Waals surface area contributed by atoms with Gasteiger partial charge >= 0.3 is 6.18 Å². The van der Waals surface area contributed by atoms with Crippen LogP contribution >= 0.6 is 0 Å². The van der Waals surface area contributed by atoms with E-state index in [0.29, 0.717) is 0 Å². The van der Waals surface area contributed by atoms with Crippen LogP contribution in [-0.2, 0) is 11.0 Å². The highest BCUT2D eigenvalue weighted by Gasteiger charge is 2.34. The fourth-order valence-corrected chi connectivity index (χ4v) is 2.60. The highest BCUT2D eigenvalue weighted by molar-refractivity contribution is 5.94. The largest absolute Gasteiger partial charge is 0.418 e. The molecule has 28 heavy (non-hydrogen) atoms. The van der Waals surface area contributed by atoms with Gasteiger partial charge < -0.3 is 10.6 Å². The molecule has 1 saturated carbocycles. The van der Waals surface area contributed by atoms with Crippen molar-refractivity contribution in [2.75, 3.05) is 6.54 Å². The van der Waals surface area contributed by atoms with Gasteiger partial charge in [0.2, 0.25) is 11.3 Å². The minimum Gasteiger partial charge on any atom is -0.352 e. The van der Waals surface area contributed by atoms with E-state index in [1.165, 1.54) is 25.1 Å². The maximum Gasteiger partial charge on any atom is 0.418 e. The van der Waals surface area contributed by atoms with Crippen molar-refractivity contribution in [3.63, 3.8) is 0 Å². The number of benzene rings is 1. The average molecular weight is 394 g/mol. The number of aryl methyl sites for hydroxylation is 1. The van der Waals surface area contributed by atoms with Gasteiger partial charge in [0.1, 0.15) is 0 Å². The lowest BCUT2D eigenvalue weighted by atomic mass is 10.1. The Morgan fingerprint density at radius 2 is 1.93 bits per heavy atom. The zero-order chi connectivity index (χ0) is 20.5. The van der Waals surface area contributed by atoms with Gasteiger partial charge in [0.25, 0.3) is 5.91 Å². The van der Waals surface area contributed by atoms with Gasteiger partial charge in [0.15, 0.2) is 5.69 Å². The quantitative estimate of drug-likeness (QED) is 0.805. The summed E-state index contributed by atoms with van der Waals surface area (Å²) in [6.07, 6.45) is -2.89. The standard InChI is InChI=1S/C18H17F3N4O3/c1-10-8-14(26)16(17(28)22-9-15(27)23-11-6-7-11)24-25(10)13-5-3-2-4-12(13)18(19,20)21/h2-5,8,11H,6-7,9H2,1H3,(H,22,28)(H,23,27). The fraction of sp³-hybridized carbons (Fsp3) is 0.333. The number of para-hydroxylation sites is 1. The van der Waals surface area contributed by atoms with Crippen LogP contribution in [-0.4, -0.2) is 34.2 Å². The second-order valence-corrected chi connectivity index (χ2v) is 6.45. The highest BCUT2D eigenvalue weighted by atomic mass is 19.4. The normalized spacial score (nSPS) is 13.9. The molecule has 3 rings (SSSR count). The van der Waals surface area contributed by atoms with Crippen molar-refractivity contribution in [3.8, 4) is 5.69 Å². The summed E-state index contributed by atoms with van der Waals surface area (Å²) in [6, 6.07) is 5.84. The Morgan fingerprint density at radius 3 is 2.57 bits per heavy atom. The third-order valence-electron chi connectivity index (χ3n) is 4.11. The van der Waals surface area contributed by atoms with Crippen LogP contribution in [0.3, 0.4) is 0 Å². The van der Waals surface area contributed by atoms with Gasteiger partial charge in [-0.15, -0.1) is 0 Å². The molecule has 0 radical (unpaired) electrons. The number of hydrogen-bond donors (Lipinski definition) is 2. The Labute approximate surface area is 157 Å². The molecule has 10 heteroatoms. The number of aromatic nitrogens is 2. The topological polar surface area (TPSA) is 93.1 Å². The zero-order valence-corrected chi connectivity index (χ0v) is 14.8. The summed E-state index contributed by atoms with van der Waals surface area (Å²) in [5.74, 6) is -1.35. The van der Waals surface area contributed by atoms with Gasteiger partial charge in [-0.05, 0) is 31.9 Å². The van der Waals surface area contributed by atoms with Crippen molar-refractivity contribution < 1.29 is 22.8 Å². The molecule has 1 aromatic heterocycles. The second-order valence-electron chi connectivity index (χ2n) is 6.45. The van der Waals surface area contributed by atoms with Gasteiger partial charge in [-0.2, -0.15) is 18.3 Å². The first-order valence-electron chi connectivity index (χ1n) is 8.52. The summed E-state index contributed by atoms with van der Waals surface area (Å²) in [4.78, 5) is 36.0. The highest BCUT2D eigenvalue weighted by Crippen LogP contribution is 2.33. The van der Waals surface area contributed by atoms with Crippen LogP contribution in [0.2, 0.25) is 0 Å². The van der Waals surface area contributed by atoms with Crippen LogP contribution in [0.4, 0.5) is 13.2 Å². The van der Waals surface area contributed by atoms with E-state index in [1.807, 2.05) is 0 Å². The average Bonchev–Trinajstić information content (AvgIpc) is 3.43. The monoisotopic (exact) mass is 394 g/mol. The lowest BCUT2D eigenvalue weighted by Crippen LogP contribution is -2.40. The molecule has 7 nitrogen and oxygen atoms in total. The van der Waals surface area contributed by atoms with Crippen LogP contribution in [0.15, 0.2) is 35.1 Å². The summed E-state index contributed by atoms with van der Waals surface area (Å²) in [5, 5.41) is 8.76. The number of hydrogen-bond acceptors (Lipinski definition) is 4. The van der Waals surface area contributed by atoms with Gasteiger partial charge in [0, 0.05) is 17.8 Å². The number of alkyl halides is 3. The van der Waals surface area contributed by atoms with E-state index in [2.05, 4.69) is 15.7 Å². The van der Waals surface area contributed by atoms with Crippen molar-refractivity contribution in [2.24, 2.45) is 0 Å². The van der Waals surface area contributed by atoms with Crippen LogP contribution in [0.1, 0.15) is 34.6 Å². The van der Waals surface area contributed by atoms with Crippen molar-refractivity contribution in [2.45, 2.75) is 32.0 Å². The Kier molecular flexibility index (Phi) is 5.21. The third-order valence-corrected chi connectivity index (χ3v) is 4.11. The Morgan fingerprint density at radius 1 is 1.25 bits per heavy atom. The molecule has 148 valence electrons. The van der Waals surface area contributed by atoms with Gasteiger partial charge in [-0.3, -0.25) is 14.4 Å². The summed E-state index contributed by atoms with van der Waals surface area (Å²) >= 11 is 0. The molecule has 0 spiro atoms. The predicted molar refractivity (Wildman–Crippen MR) is 93.1 cm³/mol. The molecule has 1 aromatic carbocycles. The Hall–Kier alpha value is -3.17. The minimum absolute atomic E-state index is 0.109. The van der Waals surface area contributed by atoms with Gasteiger partial charge in [-0.25, -0.2) is 4.68 Å². The molecule has 1 aliphatic rings. The first-order valence-corrected chi connectivity index (χ1v) is 8.52. The number of nitrogens with one attached hydrogen (secondary N) is 2. The van der Waals surface area contributed by atoms with E-state index in [-0.39, 0.29) is 24.0 Å². The Bertz CT molecular complexity index is 981. The number of carbonyl (C=O) groups excluding carboxylic acids is 2. The predicted octanol–water partition coefficient (Wildman–Crippen LogP) is 1.57. The van der Waals surface area contributed by atoms with E-state index in [1.54, 1.807) is 0 Å². The molecule has 1 heterocycles. The number of carbonyl (C=O) groups is 2. The molecule has 0 aliphatic heterocycles. The first kappa shape index (κ1) is 19.6. The van der Waals surface area contributed by atoms with Crippen molar-refractivity contribution >= 4 is 11.8 Å². The lowest BCUT2D eigenvalue weighted by Gasteiger charge is -2.16. The minimum atomic E-state index is -4.64. The van der Waals surface area contributed by atoms with E-state index in [4.69, 9.17) is 0 Å². The van der Waals surface area contributed by atoms with E-state index in [9.17, 15) is 27.6 Å². The van der Waals surface area contributed by atoms with E-state index < -0.39 is 34.7 Å². The Balaban J connectivity index is 1.90. The van der Waals surface area contributed by atoms with Gasteiger partial charge in [-0.1, -0.05) is 12.1 Å². The summed E-state index contributed by atoms with van der Waals surface area (Å²) < 4.78 is 40.8. The van der Waals surface area contributed by atoms with Crippen molar-refractivity contribution in [3.05, 3.63) is 57.5 Å². The third kappa shape index (κ3) is 4.38. The molecular formula is C18H17F3N4O3. The van der Waals surface area contributed by atoms with Crippen LogP contribution < -0.4 is 16.1 Å². The summed E-state index contributed by atoms with van der Waals surface area (Å²) in [6.45, 7) is 1.05. The van der Waals surface area contributed by atoms with Crippen LogP contribution in [0.5, 0.6) is 0 Å². The SMILES string of the molecule is Cc1cc(=O)c(C(=O)NCC(=O)NC2CC2)nn1-c1ccccc1C(F)(F)F.